The molecule has 0 aliphatic carbocycles. The summed E-state index contributed by atoms with van der Waals surface area (Å²) in [5.41, 5.74) is 1.32. The number of aromatic nitrogens is 1. The third-order valence-corrected chi connectivity index (χ3v) is 3.78. The summed E-state index contributed by atoms with van der Waals surface area (Å²) >= 11 is 0. The second kappa shape index (κ2) is 5.58. The van der Waals surface area contributed by atoms with E-state index in [1.807, 2.05) is 0 Å². The van der Waals surface area contributed by atoms with Crippen LogP contribution in [0.15, 0.2) is 35.5 Å². The van der Waals surface area contributed by atoms with Gasteiger partial charge < -0.3 is 5.43 Å². The first-order valence-electron chi connectivity index (χ1n) is 5.45. The Bertz CT molecular complexity index is 783. The van der Waals surface area contributed by atoms with E-state index in [9.17, 15) is 21.6 Å². The molecule has 0 atom stereocenters. The van der Waals surface area contributed by atoms with E-state index in [-0.39, 0.29) is 5.69 Å². The van der Waals surface area contributed by atoms with Gasteiger partial charge in [-0.1, -0.05) is 0 Å². The van der Waals surface area contributed by atoms with Crippen molar-refractivity contribution in [2.24, 2.45) is 5.84 Å². The van der Waals surface area contributed by atoms with Crippen LogP contribution in [0.1, 0.15) is 0 Å². The van der Waals surface area contributed by atoms with E-state index >= 15 is 0 Å². The number of nitrogens with two attached hydrogens (primary N) is 1. The van der Waals surface area contributed by atoms with Gasteiger partial charge >= 0.3 is 0 Å². The lowest BCUT2D eigenvalue weighted by molar-refractivity contribution is 0.449. The molecule has 0 amide bonds. The maximum Gasteiger partial charge on any atom is 0.281 e. The monoisotopic (exact) mass is 318 g/mol. The lowest BCUT2D eigenvalue weighted by Crippen LogP contribution is -2.19. The Morgan fingerprint density at radius 1 is 1.05 bits per heavy atom. The molecule has 0 fully saturated rings. The van der Waals surface area contributed by atoms with E-state index in [2.05, 4.69) is 10.4 Å². The first-order valence-corrected chi connectivity index (χ1v) is 6.93. The Balaban J connectivity index is 2.45. The number of nitrogens with one attached hydrogen (secondary N) is 2. The highest BCUT2D eigenvalue weighted by molar-refractivity contribution is 7.92. The molecule has 2 aromatic rings. The smallest absolute Gasteiger partial charge is 0.281 e. The molecule has 0 spiro atoms. The van der Waals surface area contributed by atoms with Crippen molar-refractivity contribution < 1.29 is 21.6 Å². The molecule has 0 aliphatic rings. The number of pyridine rings is 1. The summed E-state index contributed by atoms with van der Waals surface area (Å²) in [7, 11) is -4.34. The SMILES string of the molecule is NNc1cccnc1S(=O)(=O)Nc1ccc(F)c(F)c1F. The van der Waals surface area contributed by atoms with Crippen molar-refractivity contribution in [3.05, 3.63) is 47.9 Å². The number of hydrogen-bond donors (Lipinski definition) is 3. The number of halogens is 3. The molecule has 0 saturated carbocycles. The fourth-order valence-corrected chi connectivity index (χ4v) is 2.67. The third-order valence-electron chi connectivity index (χ3n) is 2.46. The number of rotatable bonds is 4. The number of nitrogens with zero attached hydrogens (tertiary/aromatic N) is 1. The van der Waals surface area contributed by atoms with E-state index in [1.165, 1.54) is 18.3 Å². The van der Waals surface area contributed by atoms with Crippen LogP contribution in [0.5, 0.6) is 0 Å². The van der Waals surface area contributed by atoms with Crippen LogP contribution in [-0.4, -0.2) is 13.4 Å². The molecule has 112 valence electrons. The third kappa shape index (κ3) is 2.90. The Kier molecular flexibility index (Phi) is 4.00. The highest BCUT2D eigenvalue weighted by Gasteiger charge is 2.23. The average Bonchev–Trinajstić information content (AvgIpc) is 2.48. The first kappa shape index (κ1) is 15.1. The van der Waals surface area contributed by atoms with Crippen molar-refractivity contribution in [3.63, 3.8) is 0 Å². The number of sulfonamides is 1. The average molecular weight is 318 g/mol. The summed E-state index contributed by atoms with van der Waals surface area (Å²) in [6, 6.07) is 4.09. The van der Waals surface area contributed by atoms with Gasteiger partial charge in [0.25, 0.3) is 10.0 Å². The normalized spacial score (nSPS) is 11.2. The second-order valence-corrected chi connectivity index (χ2v) is 5.43. The minimum Gasteiger partial charge on any atom is -0.321 e. The van der Waals surface area contributed by atoms with Gasteiger partial charge in [0.2, 0.25) is 5.03 Å². The second-order valence-electron chi connectivity index (χ2n) is 3.83. The molecule has 0 radical (unpaired) electrons. The molecule has 0 saturated heterocycles. The van der Waals surface area contributed by atoms with E-state index in [0.29, 0.717) is 6.07 Å². The highest BCUT2D eigenvalue weighted by Crippen LogP contribution is 2.24. The van der Waals surface area contributed by atoms with Crippen LogP contribution in [0, 0.1) is 17.5 Å². The number of hydrogen-bond acceptors (Lipinski definition) is 5. The number of anilines is 2. The summed E-state index contributed by atoms with van der Waals surface area (Å²) < 4.78 is 65.3. The Hall–Kier alpha value is -2.33. The zero-order valence-electron chi connectivity index (χ0n) is 10.3. The maximum absolute atomic E-state index is 13.5. The molecule has 1 heterocycles. The molecule has 0 aliphatic heterocycles. The molecular weight excluding hydrogens is 309 g/mol. The summed E-state index contributed by atoms with van der Waals surface area (Å²) in [6.45, 7) is 0. The summed E-state index contributed by atoms with van der Waals surface area (Å²) in [5.74, 6) is 0.276. The molecule has 0 unspecified atom stereocenters. The molecule has 1 aromatic carbocycles. The quantitative estimate of drug-likeness (QED) is 0.452. The lowest BCUT2D eigenvalue weighted by Gasteiger charge is -2.11. The Morgan fingerprint density at radius 3 is 2.43 bits per heavy atom. The molecule has 10 heteroatoms. The number of hydrazine groups is 1. The van der Waals surface area contributed by atoms with Crippen molar-refractivity contribution in [1.29, 1.82) is 0 Å². The van der Waals surface area contributed by atoms with E-state index in [0.717, 1.165) is 6.07 Å². The van der Waals surface area contributed by atoms with Crippen LogP contribution in [-0.2, 0) is 10.0 Å². The molecule has 21 heavy (non-hydrogen) atoms. The van der Waals surface area contributed by atoms with Crippen LogP contribution in [0.4, 0.5) is 24.5 Å². The van der Waals surface area contributed by atoms with E-state index in [1.54, 1.807) is 4.72 Å². The van der Waals surface area contributed by atoms with Gasteiger partial charge in [-0.15, -0.1) is 0 Å². The van der Waals surface area contributed by atoms with E-state index in [4.69, 9.17) is 5.84 Å². The van der Waals surface area contributed by atoms with Gasteiger partial charge in [0, 0.05) is 6.20 Å². The number of nitrogen functional groups attached to an aromatic ring is 1. The topological polar surface area (TPSA) is 97.1 Å². The molecule has 0 bridgehead atoms. The standard InChI is InChI=1S/C11H9F3N4O2S/c12-6-3-4-7(10(14)9(6)13)18-21(19,20)11-8(17-15)2-1-5-16-11/h1-5,17-18H,15H2. The summed E-state index contributed by atoms with van der Waals surface area (Å²) in [4.78, 5) is 3.60. The van der Waals surface area contributed by atoms with Crippen molar-refractivity contribution in [3.8, 4) is 0 Å². The predicted octanol–water partition coefficient (Wildman–Crippen LogP) is 1.59. The number of benzene rings is 1. The minimum absolute atomic E-state index is 0.0482. The molecule has 4 N–H and O–H groups in total. The van der Waals surface area contributed by atoms with Crippen LogP contribution < -0.4 is 16.0 Å². The summed E-state index contributed by atoms with van der Waals surface area (Å²) in [6.07, 6.45) is 1.18. The molecule has 6 nitrogen and oxygen atoms in total. The predicted molar refractivity (Wildman–Crippen MR) is 69.2 cm³/mol. The van der Waals surface area contributed by atoms with Gasteiger partial charge in [-0.25, -0.2) is 18.2 Å². The van der Waals surface area contributed by atoms with Gasteiger partial charge in [-0.3, -0.25) is 10.6 Å². The van der Waals surface area contributed by atoms with Crippen molar-refractivity contribution >= 4 is 21.4 Å². The molecule has 2 rings (SSSR count). The highest BCUT2D eigenvalue weighted by atomic mass is 32.2. The van der Waals surface area contributed by atoms with Crippen LogP contribution in [0.2, 0.25) is 0 Å². The van der Waals surface area contributed by atoms with Gasteiger partial charge in [-0.2, -0.15) is 8.42 Å². The maximum atomic E-state index is 13.5. The zero-order chi connectivity index (χ0) is 15.6. The van der Waals surface area contributed by atoms with Gasteiger partial charge in [-0.05, 0) is 24.3 Å². The van der Waals surface area contributed by atoms with Gasteiger partial charge in [0.15, 0.2) is 17.5 Å². The van der Waals surface area contributed by atoms with E-state index < -0.39 is 38.2 Å². The minimum atomic E-state index is -4.34. The van der Waals surface area contributed by atoms with Gasteiger partial charge in [0.05, 0.1) is 11.4 Å². The zero-order valence-corrected chi connectivity index (χ0v) is 11.1. The molecular formula is C11H9F3N4O2S. The van der Waals surface area contributed by atoms with Gasteiger partial charge in [0.1, 0.15) is 0 Å². The Labute approximate surface area is 117 Å². The summed E-state index contributed by atoms with van der Waals surface area (Å²) in [5, 5.41) is -0.517. The Morgan fingerprint density at radius 2 is 1.76 bits per heavy atom. The van der Waals surface area contributed by atoms with Crippen molar-refractivity contribution in [1.82, 2.24) is 4.98 Å². The van der Waals surface area contributed by atoms with Crippen molar-refractivity contribution in [2.45, 2.75) is 5.03 Å². The lowest BCUT2D eigenvalue weighted by atomic mass is 10.3. The fourth-order valence-electron chi connectivity index (χ4n) is 1.51. The van der Waals surface area contributed by atoms with Crippen LogP contribution >= 0.6 is 0 Å². The van der Waals surface area contributed by atoms with Crippen LogP contribution in [0.25, 0.3) is 0 Å². The van der Waals surface area contributed by atoms with Crippen LogP contribution in [0.3, 0.4) is 0 Å². The molecule has 1 aromatic heterocycles. The largest absolute Gasteiger partial charge is 0.321 e. The fraction of sp³-hybridized carbons (Fsp3) is 0. The van der Waals surface area contributed by atoms with Crippen molar-refractivity contribution in [2.75, 3.05) is 10.1 Å². The first-order chi connectivity index (χ1) is 9.86.